The highest BCUT2D eigenvalue weighted by Gasteiger charge is 2.41. The van der Waals surface area contributed by atoms with Crippen molar-refractivity contribution in [3.8, 4) is 0 Å². The fourth-order valence-electron chi connectivity index (χ4n) is 3.78. The number of thiocarbonyl (C=S) groups is 1. The average Bonchev–Trinajstić information content (AvgIpc) is 3.35. The zero-order valence-corrected chi connectivity index (χ0v) is 18.4. The van der Waals surface area contributed by atoms with Crippen molar-refractivity contribution < 1.29 is 9.59 Å². The van der Waals surface area contributed by atoms with Crippen molar-refractivity contribution in [2.45, 2.75) is 38.3 Å². The molecule has 2 atom stereocenters. The van der Waals surface area contributed by atoms with Crippen LogP contribution in [0.2, 0.25) is 0 Å². The number of aromatic nitrogens is 1. The molecular formula is C21H21N3O2S3. The first kappa shape index (κ1) is 20.3. The number of hydrogen-bond acceptors (Lipinski definition) is 6. The number of carbonyl (C=O) groups is 2. The quantitative estimate of drug-likeness (QED) is 0.515. The summed E-state index contributed by atoms with van der Waals surface area (Å²) < 4.78 is 0.439. The lowest BCUT2D eigenvalue weighted by Gasteiger charge is -2.38. The number of hydrogen-bond donors (Lipinski definition) is 0. The molecule has 2 fully saturated rings. The van der Waals surface area contributed by atoms with Gasteiger partial charge < -0.3 is 4.90 Å². The topological polar surface area (TPSA) is 53.5 Å². The molecule has 0 aromatic carbocycles. The molecule has 2 aromatic heterocycles. The van der Waals surface area contributed by atoms with Gasteiger partial charge in [0.1, 0.15) is 10.4 Å². The van der Waals surface area contributed by atoms with Crippen LogP contribution in [-0.4, -0.2) is 43.5 Å². The second-order valence-corrected chi connectivity index (χ2v) is 9.73. The third kappa shape index (κ3) is 4.15. The van der Waals surface area contributed by atoms with Gasteiger partial charge in [0.15, 0.2) is 0 Å². The number of carbonyl (C=O) groups excluding carboxylic acids is 2. The van der Waals surface area contributed by atoms with Crippen LogP contribution in [0, 0.1) is 0 Å². The molecular weight excluding hydrogens is 422 g/mol. The Labute approximate surface area is 183 Å². The lowest BCUT2D eigenvalue weighted by Crippen LogP contribution is -2.51. The highest BCUT2D eigenvalue weighted by molar-refractivity contribution is 8.26. The van der Waals surface area contributed by atoms with E-state index in [1.807, 2.05) is 46.8 Å². The molecule has 2 aliphatic heterocycles. The van der Waals surface area contributed by atoms with Crippen molar-refractivity contribution >= 4 is 57.5 Å². The number of likely N-dealkylation sites (tertiary alicyclic amines) is 1. The number of rotatable bonds is 4. The Morgan fingerprint density at radius 1 is 1.34 bits per heavy atom. The normalized spacial score (nSPS) is 22.4. The maximum atomic E-state index is 13.4. The van der Waals surface area contributed by atoms with Crippen molar-refractivity contribution in [2.24, 2.45) is 0 Å². The highest BCUT2D eigenvalue weighted by atomic mass is 32.2. The van der Waals surface area contributed by atoms with E-state index in [1.54, 1.807) is 24.5 Å². The lowest BCUT2D eigenvalue weighted by atomic mass is 9.95. The number of thioether (sulfide) groups is 1. The van der Waals surface area contributed by atoms with E-state index in [9.17, 15) is 9.59 Å². The minimum absolute atomic E-state index is 0.00698. The van der Waals surface area contributed by atoms with Gasteiger partial charge in [-0.25, -0.2) is 0 Å². The molecule has 4 rings (SSSR count). The van der Waals surface area contributed by atoms with E-state index in [4.69, 9.17) is 12.2 Å². The van der Waals surface area contributed by atoms with E-state index >= 15 is 0 Å². The molecule has 0 bridgehead atoms. The van der Waals surface area contributed by atoms with Crippen LogP contribution >= 0.6 is 35.3 Å². The Morgan fingerprint density at radius 2 is 2.21 bits per heavy atom. The van der Waals surface area contributed by atoms with Crippen LogP contribution in [0.15, 0.2) is 46.9 Å². The van der Waals surface area contributed by atoms with Crippen LogP contribution in [0.3, 0.4) is 0 Å². The van der Waals surface area contributed by atoms with Crippen LogP contribution in [0.4, 0.5) is 0 Å². The molecule has 8 heteroatoms. The zero-order chi connectivity index (χ0) is 20.4. The van der Waals surface area contributed by atoms with E-state index in [0.29, 0.717) is 15.8 Å². The first-order valence-corrected chi connectivity index (χ1v) is 11.7. The molecule has 0 N–H and O–H groups in total. The van der Waals surface area contributed by atoms with Crippen LogP contribution in [-0.2, 0) is 9.59 Å². The van der Waals surface area contributed by atoms with Gasteiger partial charge in [0.05, 0.1) is 10.9 Å². The minimum atomic E-state index is -0.631. The van der Waals surface area contributed by atoms with Gasteiger partial charge >= 0.3 is 0 Å². The molecule has 0 spiro atoms. The van der Waals surface area contributed by atoms with E-state index in [0.717, 1.165) is 29.7 Å². The Kier molecular flexibility index (Phi) is 6.12. The smallest absolute Gasteiger partial charge is 0.266 e. The van der Waals surface area contributed by atoms with Crippen LogP contribution in [0.1, 0.15) is 42.7 Å². The summed E-state index contributed by atoms with van der Waals surface area (Å²) in [5.41, 5.74) is 1.04. The van der Waals surface area contributed by atoms with Gasteiger partial charge in [0, 0.05) is 23.8 Å². The van der Waals surface area contributed by atoms with E-state index < -0.39 is 6.04 Å². The van der Waals surface area contributed by atoms with Gasteiger partial charge in [0.25, 0.3) is 5.91 Å². The summed E-state index contributed by atoms with van der Waals surface area (Å²) >= 11 is 8.29. The fourth-order valence-corrected chi connectivity index (χ4v) is 5.92. The number of piperidine rings is 1. The van der Waals surface area contributed by atoms with Crippen molar-refractivity contribution in [1.29, 1.82) is 0 Å². The van der Waals surface area contributed by atoms with Crippen LogP contribution < -0.4 is 0 Å². The predicted octanol–water partition coefficient (Wildman–Crippen LogP) is 4.49. The number of nitrogens with zero attached hydrogens (tertiary/aromatic N) is 3. The van der Waals surface area contributed by atoms with Crippen molar-refractivity contribution in [2.75, 3.05) is 6.54 Å². The number of amides is 2. The van der Waals surface area contributed by atoms with Gasteiger partial charge in [-0.1, -0.05) is 36.1 Å². The van der Waals surface area contributed by atoms with Gasteiger partial charge in [-0.2, -0.15) is 0 Å². The number of pyridine rings is 1. The van der Waals surface area contributed by atoms with Gasteiger partial charge in [0.2, 0.25) is 5.91 Å². The standard InChI is InChI=1S/C21H21N3O2S3/c1-14(24-20(26)18(29-21(24)27)12-16-7-5-11-28-16)19(25)23-10-3-2-8-17(23)15-6-4-9-22-13-15/h4-7,9,11-14,17H,2-3,8,10H2,1H3/b18-12+/t14-,17+/m0/s1. The third-order valence-electron chi connectivity index (χ3n) is 5.24. The van der Waals surface area contributed by atoms with Crippen molar-refractivity contribution in [3.05, 3.63) is 57.4 Å². The van der Waals surface area contributed by atoms with Crippen molar-refractivity contribution in [3.63, 3.8) is 0 Å². The summed E-state index contributed by atoms with van der Waals surface area (Å²) in [6.45, 7) is 2.46. The second kappa shape index (κ2) is 8.77. The Morgan fingerprint density at radius 3 is 2.93 bits per heavy atom. The maximum absolute atomic E-state index is 13.4. The second-order valence-electron chi connectivity index (χ2n) is 7.07. The molecule has 5 nitrogen and oxygen atoms in total. The molecule has 2 aromatic rings. The molecule has 2 saturated heterocycles. The molecule has 150 valence electrons. The first-order valence-electron chi connectivity index (χ1n) is 9.57. The molecule has 4 heterocycles. The molecule has 0 radical (unpaired) electrons. The van der Waals surface area contributed by atoms with Crippen LogP contribution in [0.5, 0.6) is 0 Å². The van der Waals surface area contributed by atoms with Crippen LogP contribution in [0.25, 0.3) is 6.08 Å². The molecule has 0 aliphatic carbocycles. The highest BCUT2D eigenvalue weighted by Crippen LogP contribution is 2.36. The third-order valence-corrected chi connectivity index (χ3v) is 7.39. The van der Waals surface area contributed by atoms with E-state index in [1.165, 1.54) is 16.7 Å². The monoisotopic (exact) mass is 443 g/mol. The predicted molar refractivity (Wildman–Crippen MR) is 121 cm³/mol. The Balaban J connectivity index is 1.55. The summed E-state index contributed by atoms with van der Waals surface area (Å²) in [6, 6.07) is 7.17. The van der Waals surface area contributed by atoms with Crippen molar-refractivity contribution in [1.82, 2.24) is 14.8 Å². The summed E-state index contributed by atoms with van der Waals surface area (Å²) in [5.74, 6) is -0.253. The average molecular weight is 444 g/mol. The Bertz CT molecular complexity index is 943. The lowest BCUT2D eigenvalue weighted by molar-refractivity contribution is -0.142. The van der Waals surface area contributed by atoms with Gasteiger partial charge in [-0.3, -0.25) is 19.5 Å². The number of thiophene rings is 1. The summed E-state index contributed by atoms with van der Waals surface area (Å²) in [7, 11) is 0. The summed E-state index contributed by atoms with van der Waals surface area (Å²) in [4.78, 5) is 35.5. The first-order chi connectivity index (χ1) is 14.1. The van der Waals surface area contributed by atoms with Gasteiger partial charge in [-0.15, -0.1) is 11.3 Å². The Hall–Kier alpha value is -2.03. The fraction of sp³-hybridized carbons (Fsp3) is 0.333. The molecule has 29 heavy (non-hydrogen) atoms. The van der Waals surface area contributed by atoms with E-state index in [2.05, 4.69) is 4.98 Å². The minimum Gasteiger partial charge on any atom is -0.334 e. The van der Waals surface area contributed by atoms with Gasteiger partial charge in [-0.05, 0) is 55.3 Å². The zero-order valence-electron chi connectivity index (χ0n) is 16.0. The maximum Gasteiger partial charge on any atom is 0.266 e. The molecule has 2 aliphatic rings. The molecule has 2 amide bonds. The van der Waals surface area contributed by atoms with E-state index in [-0.39, 0.29) is 17.9 Å². The largest absolute Gasteiger partial charge is 0.334 e. The molecule has 0 saturated carbocycles. The summed E-state index contributed by atoms with van der Waals surface area (Å²) in [6.07, 6.45) is 8.35. The summed E-state index contributed by atoms with van der Waals surface area (Å²) in [5, 5.41) is 1.97. The molecule has 0 unspecified atom stereocenters. The SMILES string of the molecule is C[C@@H](C(=O)N1CCCC[C@@H]1c1cccnc1)N1C(=O)/C(=C\c2cccs2)SC1=S.